The van der Waals surface area contributed by atoms with Gasteiger partial charge < -0.3 is 5.11 Å². The van der Waals surface area contributed by atoms with Crippen molar-refractivity contribution in [2.75, 3.05) is 0 Å². The second-order valence-corrected chi connectivity index (χ2v) is 5.65. The Morgan fingerprint density at radius 1 is 1.39 bits per heavy atom. The van der Waals surface area contributed by atoms with Crippen LogP contribution < -0.4 is 0 Å². The number of aliphatic carboxylic acids is 1. The number of hydrogen-bond acceptors (Lipinski definition) is 3. The number of aryl methyl sites for hydroxylation is 1. The molecule has 5 nitrogen and oxygen atoms in total. The van der Waals surface area contributed by atoms with Crippen LogP contribution in [0.1, 0.15) is 51.3 Å². The van der Waals surface area contributed by atoms with Crippen molar-refractivity contribution in [3.63, 3.8) is 0 Å². The van der Waals surface area contributed by atoms with Crippen LogP contribution in [0.2, 0.25) is 0 Å². The van der Waals surface area contributed by atoms with E-state index in [1.807, 2.05) is 10.9 Å². The maximum Gasteiger partial charge on any atom is 0.303 e. The smallest absolute Gasteiger partial charge is 0.303 e. The first-order valence-electron chi connectivity index (χ1n) is 6.67. The summed E-state index contributed by atoms with van der Waals surface area (Å²) in [5, 5.41) is 16.9. The number of rotatable bonds is 4. The molecule has 1 N–H and O–H groups in total. The van der Waals surface area contributed by atoms with Gasteiger partial charge in [0.2, 0.25) is 0 Å². The fraction of sp³-hybridized carbons (Fsp3) is 0.769. The Hall–Kier alpha value is -1.39. The molecule has 1 saturated carbocycles. The Bertz CT molecular complexity index is 406. The molecule has 1 heterocycles. The molecule has 2 rings (SSSR count). The number of carboxylic acid groups (broad SMARTS) is 1. The first-order valence-corrected chi connectivity index (χ1v) is 6.67. The third-order valence-corrected chi connectivity index (χ3v) is 3.68. The molecule has 100 valence electrons. The standard InChI is InChI=1S/C13H21N3O2/c1-9-5-10(2)7-12(6-9)16-8-11(14-15-16)3-4-13(17)18/h8-10,12H,3-7H2,1-2H3,(H,17,18). The van der Waals surface area contributed by atoms with Crippen molar-refractivity contribution in [1.29, 1.82) is 0 Å². The molecular weight excluding hydrogens is 230 g/mol. The molecule has 2 unspecified atom stereocenters. The van der Waals surface area contributed by atoms with E-state index in [9.17, 15) is 4.79 Å². The van der Waals surface area contributed by atoms with E-state index < -0.39 is 5.97 Å². The molecular formula is C13H21N3O2. The number of carbonyl (C=O) groups is 1. The minimum atomic E-state index is -0.788. The summed E-state index contributed by atoms with van der Waals surface area (Å²) >= 11 is 0. The lowest BCUT2D eigenvalue weighted by Gasteiger charge is -2.31. The molecule has 0 radical (unpaired) electrons. The summed E-state index contributed by atoms with van der Waals surface area (Å²) in [5.74, 6) is 0.667. The fourth-order valence-electron chi connectivity index (χ4n) is 2.96. The van der Waals surface area contributed by atoms with Crippen molar-refractivity contribution in [3.05, 3.63) is 11.9 Å². The largest absolute Gasteiger partial charge is 0.481 e. The molecule has 0 amide bonds. The summed E-state index contributed by atoms with van der Waals surface area (Å²) in [6.45, 7) is 4.57. The molecule has 1 aliphatic carbocycles. The third kappa shape index (κ3) is 3.31. The average molecular weight is 251 g/mol. The lowest BCUT2D eigenvalue weighted by atomic mass is 9.80. The second-order valence-electron chi connectivity index (χ2n) is 5.65. The van der Waals surface area contributed by atoms with Gasteiger partial charge in [-0.2, -0.15) is 0 Å². The van der Waals surface area contributed by atoms with Crippen molar-refractivity contribution in [3.8, 4) is 0 Å². The predicted molar refractivity (Wildman–Crippen MR) is 67.2 cm³/mol. The van der Waals surface area contributed by atoms with Gasteiger partial charge in [-0.1, -0.05) is 19.1 Å². The minimum absolute atomic E-state index is 0.121. The second kappa shape index (κ2) is 5.50. The SMILES string of the molecule is CC1CC(C)CC(n2cc(CCC(=O)O)nn2)C1. The average Bonchev–Trinajstić information content (AvgIpc) is 2.73. The quantitative estimate of drug-likeness (QED) is 0.891. The van der Waals surface area contributed by atoms with Crippen molar-refractivity contribution in [2.24, 2.45) is 11.8 Å². The molecule has 0 aromatic carbocycles. The number of hydrogen-bond donors (Lipinski definition) is 1. The van der Waals surface area contributed by atoms with Crippen molar-refractivity contribution >= 4 is 5.97 Å². The van der Waals surface area contributed by atoms with Gasteiger partial charge in [0.25, 0.3) is 0 Å². The van der Waals surface area contributed by atoms with E-state index >= 15 is 0 Å². The summed E-state index contributed by atoms with van der Waals surface area (Å²) in [7, 11) is 0. The summed E-state index contributed by atoms with van der Waals surface area (Å²) < 4.78 is 1.93. The van der Waals surface area contributed by atoms with Gasteiger partial charge >= 0.3 is 5.97 Å². The highest BCUT2D eigenvalue weighted by Crippen LogP contribution is 2.35. The van der Waals surface area contributed by atoms with Crippen LogP contribution >= 0.6 is 0 Å². The summed E-state index contributed by atoms with van der Waals surface area (Å²) in [5.41, 5.74) is 0.781. The topological polar surface area (TPSA) is 68.0 Å². The van der Waals surface area contributed by atoms with Gasteiger partial charge in [-0.3, -0.25) is 4.79 Å². The Morgan fingerprint density at radius 3 is 2.67 bits per heavy atom. The molecule has 18 heavy (non-hydrogen) atoms. The van der Waals surface area contributed by atoms with Crippen LogP contribution in [0.3, 0.4) is 0 Å². The Kier molecular flexibility index (Phi) is 3.99. The van der Waals surface area contributed by atoms with E-state index in [1.165, 1.54) is 6.42 Å². The Morgan fingerprint density at radius 2 is 2.06 bits per heavy atom. The van der Waals surface area contributed by atoms with Gasteiger partial charge in [0, 0.05) is 12.6 Å². The lowest BCUT2D eigenvalue weighted by molar-refractivity contribution is -0.136. The molecule has 1 aliphatic rings. The zero-order valence-corrected chi connectivity index (χ0v) is 11.0. The predicted octanol–water partition coefficient (Wildman–Crippen LogP) is 2.29. The van der Waals surface area contributed by atoms with Gasteiger partial charge in [0.1, 0.15) is 0 Å². The highest BCUT2D eigenvalue weighted by Gasteiger charge is 2.25. The van der Waals surface area contributed by atoms with E-state index in [0.29, 0.717) is 12.5 Å². The van der Waals surface area contributed by atoms with Crippen LogP contribution in [0.4, 0.5) is 0 Å². The maximum absolute atomic E-state index is 10.5. The molecule has 0 saturated heterocycles. The first kappa shape index (κ1) is 13.1. The van der Waals surface area contributed by atoms with Crippen LogP contribution in [0.5, 0.6) is 0 Å². The molecule has 0 spiro atoms. The van der Waals surface area contributed by atoms with Crippen LogP contribution in [0.15, 0.2) is 6.20 Å². The van der Waals surface area contributed by atoms with Crippen LogP contribution in [-0.4, -0.2) is 26.1 Å². The van der Waals surface area contributed by atoms with Gasteiger partial charge in [-0.15, -0.1) is 5.10 Å². The van der Waals surface area contributed by atoms with Crippen molar-refractivity contribution in [2.45, 2.75) is 52.0 Å². The molecule has 5 heteroatoms. The Balaban J connectivity index is 1.98. The molecule has 0 aliphatic heterocycles. The van der Waals surface area contributed by atoms with Gasteiger partial charge in [0.15, 0.2) is 0 Å². The van der Waals surface area contributed by atoms with Crippen molar-refractivity contribution in [1.82, 2.24) is 15.0 Å². The zero-order valence-electron chi connectivity index (χ0n) is 11.0. The van der Waals surface area contributed by atoms with Gasteiger partial charge in [-0.25, -0.2) is 4.68 Å². The summed E-state index contributed by atoms with van der Waals surface area (Å²) in [6, 6.07) is 0.426. The monoisotopic (exact) mass is 251 g/mol. The molecule has 2 atom stereocenters. The number of carboxylic acids is 1. The Labute approximate surface area is 107 Å². The third-order valence-electron chi connectivity index (χ3n) is 3.68. The van der Waals surface area contributed by atoms with Crippen LogP contribution in [0.25, 0.3) is 0 Å². The van der Waals surface area contributed by atoms with Crippen LogP contribution in [-0.2, 0) is 11.2 Å². The van der Waals surface area contributed by atoms with Gasteiger partial charge in [-0.05, 0) is 31.1 Å². The van der Waals surface area contributed by atoms with Gasteiger partial charge in [0.05, 0.1) is 18.2 Å². The minimum Gasteiger partial charge on any atom is -0.481 e. The van der Waals surface area contributed by atoms with E-state index in [-0.39, 0.29) is 6.42 Å². The highest BCUT2D eigenvalue weighted by molar-refractivity contribution is 5.66. The van der Waals surface area contributed by atoms with Crippen LogP contribution in [0, 0.1) is 11.8 Å². The fourth-order valence-corrected chi connectivity index (χ4v) is 2.96. The highest BCUT2D eigenvalue weighted by atomic mass is 16.4. The van der Waals surface area contributed by atoms with E-state index in [0.717, 1.165) is 30.4 Å². The summed E-state index contributed by atoms with van der Waals surface area (Å²) in [4.78, 5) is 10.5. The number of aromatic nitrogens is 3. The van der Waals surface area contributed by atoms with Crippen molar-refractivity contribution < 1.29 is 9.90 Å². The maximum atomic E-state index is 10.5. The molecule has 1 aromatic heterocycles. The summed E-state index contributed by atoms with van der Waals surface area (Å²) in [6.07, 6.45) is 6.08. The zero-order chi connectivity index (χ0) is 13.1. The molecule has 1 fully saturated rings. The molecule has 1 aromatic rings. The first-order chi connectivity index (χ1) is 8.54. The number of nitrogens with zero attached hydrogens (tertiary/aromatic N) is 3. The normalized spacial score (nSPS) is 28.2. The lowest BCUT2D eigenvalue weighted by Crippen LogP contribution is -2.23. The molecule has 0 bridgehead atoms. The van der Waals surface area contributed by atoms with E-state index in [1.54, 1.807) is 0 Å². The van der Waals surface area contributed by atoms with E-state index in [4.69, 9.17) is 5.11 Å². The van der Waals surface area contributed by atoms with E-state index in [2.05, 4.69) is 24.2 Å².